The van der Waals surface area contributed by atoms with Crippen LogP contribution in [0.15, 0.2) is 33.3 Å². The number of benzene rings is 1. The topological polar surface area (TPSA) is 88.5 Å². The van der Waals surface area contributed by atoms with Gasteiger partial charge in [0.05, 0.1) is 4.90 Å². The van der Waals surface area contributed by atoms with E-state index in [1.807, 2.05) is 6.92 Å². The SMILES string of the molecule is Cc1ccc(NC(=O)CCn2c(C)csc2=O)cc1S(=O)(=O)N(C)C. The molecule has 25 heavy (non-hydrogen) atoms. The first-order chi connectivity index (χ1) is 11.6. The number of nitrogens with one attached hydrogen (secondary N) is 1. The third kappa shape index (κ3) is 4.36. The van der Waals surface area contributed by atoms with Crippen LogP contribution >= 0.6 is 11.3 Å². The third-order valence-electron chi connectivity index (χ3n) is 3.77. The average Bonchev–Trinajstić information content (AvgIpc) is 2.85. The molecule has 0 unspecified atom stereocenters. The van der Waals surface area contributed by atoms with Crippen molar-refractivity contribution in [2.24, 2.45) is 0 Å². The van der Waals surface area contributed by atoms with E-state index in [4.69, 9.17) is 0 Å². The molecule has 9 heteroatoms. The maximum Gasteiger partial charge on any atom is 0.307 e. The minimum absolute atomic E-state index is 0.0972. The molecule has 0 aliphatic carbocycles. The zero-order chi connectivity index (χ0) is 18.8. The lowest BCUT2D eigenvalue weighted by Gasteiger charge is -2.15. The first kappa shape index (κ1) is 19.4. The lowest BCUT2D eigenvalue weighted by Crippen LogP contribution is -2.23. The predicted molar refractivity (Wildman–Crippen MR) is 98.6 cm³/mol. The smallest absolute Gasteiger partial charge is 0.307 e. The van der Waals surface area contributed by atoms with Gasteiger partial charge < -0.3 is 9.88 Å². The number of aromatic nitrogens is 1. The van der Waals surface area contributed by atoms with Gasteiger partial charge in [0.1, 0.15) is 0 Å². The Morgan fingerprint density at radius 2 is 1.96 bits per heavy atom. The van der Waals surface area contributed by atoms with E-state index in [0.29, 0.717) is 11.3 Å². The molecule has 0 fully saturated rings. The maximum absolute atomic E-state index is 12.3. The fourth-order valence-corrected chi connectivity index (χ4v) is 4.17. The van der Waals surface area contributed by atoms with Gasteiger partial charge in [0, 0.05) is 43.8 Å². The van der Waals surface area contributed by atoms with Crippen molar-refractivity contribution in [1.82, 2.24) is 8.87 Å². The Morgan fingerprint density at radius 3 is 2.52 bits per heavy atom. The molecule has 0 aliphatic rings. The molecule has 1 amide bonds. The van der Waals surface area contributed by atoms with E-state index in [2.05, 4.69) is 5.32 Å². The van der Waals surface area contributed by atoms with Gasteiger partial charge in [-0.3, -0.25) is 9.59 Å². The molecule has 2 aromatic rings. The average molecular weight is 383 g/mol. The summed E-state index contributed by atoms with van der Waals surface area (Å²) >= 11 is 1.10. The minimum atomic E-state index is -3.59. The van der Waals surface area contributed by atoms with Crippen molar-refractivity contribution in [3.05, 3.63) is 44.5 Å². The van der Waals surface area contributed by atoms with Crippen LogP contribution in [0.5, 0.6) is 0 Å². The van der Waals surface area contributed by atoms with Gasteiger partial charge in [0.25, 0.3) is 0 Å². The van der Waals surface area contributed by atoms with Crippen LogP contribution < -0.4 is 10.2 Å². The minimum Gasteiger partial charge on any atom is -0.326 e. The fourth-order valence-electron chi connectivity index (χ4n) is 2.26. The number of hydrogen-bond donors (Lipinski definition) is 1. The lowest BCUT2D eigenvalue weighted by molar-refractivity contribution is -0.116. The molecule has 0 radical (unpaired) electrons. The van der Waals surface area contributed by atoms with Crippen molar-refractivity contribution in [2.45, 2.75) is 31.7 Å². The van der Waals surface area contributed by atoms with Gasteiger partial charge >= 0.3 is 4.87 Å². The number of amides is 1. The third-order valence-corrected chi connectivity index (χ3v) is 6.61. The molecule has 1 N–H and O–H groups in total. The van der Waals surface area contributed by atoms with Gasteiger partial charge in [-0.15, -0.1) is 0 Å². The second-order valence-corrected chi connectivity index (χ2v) is 8.80. The molecule has 0 saturated carbocycles. The molecule has 0 spiro atoms. The zero-order valence-electron chi connectivity index (χ0n) is 14.6. The molecule has 7 nitrogen and oxygen atoms in total. The number of carbonyl (C=O) groups is 1. The Kier molecular flexibility index (Phi) is 5.81. The second-order valence-electron chi connectivity index (χ2n) is 5.86. The molecule has 0 bridgehead atoms. The number of hydrogen-bond acceptors (Lipinski definition) is 5. The van der Waals surface area contributed by atoms with Crippen molar-refractivity contribution >= 4 is 33.0 Å². The fraction of sp³-hybridized carbons (Fsp3) is 0.375. The lowest BCUT2D eigenvalue weighted by atomic mass is 10.2. The summed E-state index contributed by atoms with van der Waals surface area (Å²) in [6.45, 7) is 3.80. The Hall–Kier alpha value is -1.97. The summed E-state index contributed by atoms with van der Waals surface area (Å²) in [5.74, 6) is -0.283. The van der Waals surface area contributed by atoms with E-state index >= 15 is 0 Å². The summed E-state index contributed by atoms with van der Waals surface area (Å²) < 4.78 is 27.3. The molecule has 1 aromatic carbocycles. The van der Waals surface area contributed by atoms with Crippen LogP contribution in [0, 0.1) is 13.8 Å². The predicted octanol–water partition coefficient (Wildman–Crippen LogP) is 1.81. The monoisotopic (exact) mass is 383 g/mol. The van der Waals surface area contributed by atoms with Crippen LogP contribution in [0.25, 0.3) is 0 Å². The Balaban J connectivity index is 2.13. The van der Waals surface area contributed by atoms with Gasteiger partial charge in [0.15, 0.2) is 0 Å². The first-order valence-electron chi connectivity index (χ1n) is 7.61. The van der Waals surface area contributed by atoms with E-state index < -0.39 is 10.0 Å². The van der Waals surface area contributed by atoms with Gasteiger partial charge in [0.2, 0.25) is 15.9 Å². The summed E-state index contributed by atoms with van der Waals surface area (Å²) in [6.07, 6.45) is 0.126. The molecule has 0 atom stereocenters. The number of nitrogens with zero attached hydrogens (tertiary/aromatic N) is 2. The highest BCUT2D eigenvalue weighted by atomic mass is 32.2. The van der Waals surface area contributed by atoms with Crippen LogP contribution in [0.4, 0.5) is 5.69 Å². The first-order valence-corrected chi connectivity index (χ1v) is 9.93. The van der Waals surface area contributed by atoms with Gasteiger partial charge in [-0.05, 0) is 31.5 Å². The van der Waals surface area contributed by atoms with Crippen molar-refractivity contribution in [3.63, 3.8) is 0 Å². The number of anilines is 1. The molecule has 0 aliphatic heterocycles. The standard InChI is InChI=1S/C16H21N3O4S2/c1-11-5-6-13(9-14(11)25(22,23)18(3)4)17-15(20)7-8-19-12(2)10-24-16(19)21/h5-6,9-10H,7-8H2,1-4H3,(H,17,20). The van der Waals surface area contributed by atoms with E-state index in [9.17, 15) is 18.0 Å². The summed E-state index contributed by atoms with van der Waals surface area (Å²) in [5.41, 5.74) is 1.83. The molecule has 0 saturated heterocycles. The number of sulfonamides is 1. The molecule has 1 aromatic heterocycles. The number of carbonyl (C=O) groups excluding carboxylic acids is 1. The molecule has 136 valence electrons. The Bertz CT molecular complexity index is 943. The highest BCUT2D eigenvalue weighted by molar-refractivity contribution is 7.89. The van der Waals surface area contributed by atoms with Gasteiger partial charge in [-0.1, -0.05) is 17.4 Å². The number of thiazole rings is 1. The van der Waals surface area contributed by atoms with E-state index in [-0.39, 0.29) is 28.6 Å². The summed E-state index contributed by atoms with van der Waals surface area (Å²) in [5, 5.41) is 4.44. The maximum atomic E-state index is 12.3. The Morgan fingerprint density at radius 1 is 1.28 bits per heavy atom. The molecular weight excluding hydrogens is 362 g/mol. The summed E-state index contributed by atoms with van der Waals surface area (Å²) in [7, 11) is -0.668. The second kappa shape index (κ2) is 7.51. The van der Waals surface area contributed by atoms with E-state index in [1.54, 1.807) is 29.0 Å². The van der Waals surface area contributed by atoms with Gasteiger partial charge in [-0.2, -0.15) is 0 Å². The van der Waals surface area contributed by atoms with Crippen LogP contribution in [0.1, 0.15) is 17.7 Å². The quantitative estimate of drug-likeness (QED) is 0.824. The van der Waals surface area contributed by atoms with E-state index in [1.165, 1.54) is 20.2 Å². The number of rotatable bonds is 6. The molecule has 1 heterocycles. The highest BCUT2D eigenvalue weighted by Gasteiger charge is 2.20. The zero-order valence-corrected chi connectivity index (χ0v) is 16.2. The largest absolute Gasteiger partial charge is 0.326 e. The Labute approximate surface area is 151 Å². The normalized spacial score (nSPS) is 11.7. The van der Waals surface area contributed by atoms with Crippen LogP contribution in [-0.2, 0) is 21.4 Å². The van der Waals surface area contributed by atoms with Crippen molar-refractivity contribution in [1.29, 1.82) is 0 Å². The highest BCUT2D eigenvalue weighted by Crippen LogP contribution is 2.22. The van der Waals surface area contributed by atoms with Crippen molar-refractivity contribution < 1.29 is 13.2 Å². The number of aryl methyl sites for hydroxylation is 2. The van der Waals surface area contributed by atoms with Gasteiger partial charge in [-0.25, -0.2) is 12.7 Å². The van der Waals surface area contributed by atoms with Crippen LogP contribution in [-0.4, -0.2) is 37.3 Å². The summed E-state index contributed by atoms with van der Waals surface area (Å²) in [6, 6.07) is 4.76. The van der Waals surface area contributed by atoms with Crippen LogP contribution in [0.3, 0.4) is 0 Å². The molecular formula is C16H21N3O4S2. The van der Waals surface area contributed by atoms with Crippen LogP contribution in [0.2, 0.25) is 0 Å². The summed E-state index contributed by atoms with van der Waals surface area (Å²) in [4.78, 5) is 23.8. The van der Waals surface area contributed by atoms with Crippen molar-refractivity contribution in [3.8, 4) is 0 Å². The van der Waals surface area contributed by atoms with Crippen molar-refractivity contribution in [2.75, 3.05) is 19.4 Å². The molecule has 2 rings (SSSR count). The van der Waals surface area contributed by atoms with E-state index in [0.717, 1.165) is 21.3 Å².